The van der Waals surface area contributed by atoms with Gasteiger partial charge in [0.2, 0.25) is 0 Å². The Labute approximate surface area is 264 Å². The molecule has 4 aliphatic carbocycles. The lowest BCUT2D eigenvalue weighted by Crippen LogP contribution is -2.65. The van der Waals surface area contributed by atoms with Gasteiger partial charge in [0.15, 0.2) is 0 Å². The summed E-state index contributed by atoms with van der Waals surface area (Å²) in [5, 5.41) is 52.0. The number of carboxylic acids is 1. The second-order valence-electron chi connectivity index (χ2n) is 14.8. The van der Waals surface area contributed by atoms with E-state index in [2.05, 4.69) is 33.0 Å². The van der Waals surface area contributed by atoms with E-state index in [1.807, 2.05) is 19.9 Å². The van der Waals surface area contributed by atoms with Gasteiger partial charge in [-0.25, -0.2) is 4.79 Å². The van der Waals surface area contributed by atoms with E-state index in [0.717, 1.165) is 36.8 Å². The fourth-order valence-electron chi connectivity index (χ4n) is 10.1. The second kappa shape index (κ2) is 14.8. The van der Waals surface area contributed by atoms with Gasteiger partial charge in [0.05, 0.1) is 25.4 Å². The molecule has 4 aliphatic rings. The number of ether oxygens (including phenoxy) is 1. The fourth-order valence-corrected chi connectivity index (χ4v) is 10.1. The molecule has 9 heteroatoms. The van der Waals surface area contributed by atoms with Crippen LogP contribution in [-0.2, 0) is 14.3 Å². The van der Waals surface area contributed by atoms with Crippen molar-refractivity contribution in [1.82, 2.24) is 5.32 Å². The Hall–Kier alpha value is -1.78. The van der Waals surface area contributed by atoms with Gasteiger partial charge in [-0.3, -0.25) is 4.79 Å². The van der Waals surface area contributed by atoms with Gasteiger partial charge in [-0.2, -0.15) is 0 Å². The Balaban J connectivity index is 0.000000676. The molecule has 0 aromatic carbocycles. The third-order valence-electron chi connectivity index (χ3n) is 12.1. The SMILES string of the molecule is CC(=O)O[C@H]1C[C@@]2(C)[C@@H](C[C@@H](O)C3[C@]2(C)CC[C@H]2[C@H](C)[C@H](O)CC[C@]32C)C1=C(CCC=C(C)C)C(=O)O.OCCNCCO. The summed E-state index contributed by atoms with van der Waals surface area (Å²) in [5.74, 6) is -0.909. The number of esters is 1. The molecule has 4 saturated carbocycles. The Morgan fingerprint density at radius 3 is 2.16 bits per heavy atom. The van der Waals surface area contributed by atoms with Crippen molar-refractivity contribution >= 4 is 11.9 Å². The summed E-state index contributed by atoms with van der Waals surface area (Å²) in [6.07, 6.45) is 6.22. The number of hydrogen-bond donors (Lipinski definition) is 6. The normalized spacial score (nSPS) is 40.4. The number of aliphatic hydroxyl groups excluding tert-OH is 4. The van der Waals surface area contributed by atoms with Crippen LogP contribution in [0.2, 0.25) is 0 Å². The predicted molar refractivity (Wildman–Crippen MR) is 170 cm³/mol. The number of hydrogen-bond acceptors (Lipinski definition) is 8. The van der Waals surface area contributed by atoms with E-state index >= 15 is 0 Å². The molecule has 0 spiro atoms. The van der Waals surface area contributed by atoms with E-state index in [4.69, 9.17) is 14.9 Å². The van der Waals surface area contributed by atoms with Crippen LogP contribution in [0.25, 0.3) is 0 Å². The smallest absolute Gasteiger partial charge is 0.331 e. The van der Waals surface area contributed by atoms with Gasteiger partial charge in [-0.1, -0.05) is 39.3 Å². The van der Waals surface area contributed by atoms with Crippen molar-refractivity contribution < 1.29 is 39.9 Å². The van der Waals surface area contributed by atoms with Crippen molar-refractivity contribution in [1.29, 1.82) is 0 Å². The zero-order valence-corrected chi connectivity index (χ0v) is 28.1. The number of carboxylic acid groups (broad SMARTS) is 1. The van der Waals surface area contributed by atoms with Gasteiger partial charge in [0, 0.05) is 25.6 Å². The maximum Gasteiger partial charge on any atom is 0.331 e. The van der Waals surface area contributed by atoms with Crippen LogP contribution < -0.4 is 5.32 Å². The topological polar surface area (TPSA) is 157 Å². The quantitative estimate of drug-likeness (QED) is 0.0960. The molecule has 9 nitrogen and oxygen atoms in total. The van der Waals surface area contributed by atoms with Crippen molar-refractivity contribution in [3.05, 3.63) is 22.8 Å². The lowest BCUT2D eigenvalue weighted by Gasteiger charge is -2.69. The van der Waals surface area contributed by atoms with Crippen LogP contribution in [0.1, 0.15) is 99.8 Å². The molecule has 6 N–H and O–H groups in total. The molecular weight excluding hydrogens is 562 g/mol. The average Bonchev–Trinajstić information content (AvgIpc) is 3.20. The summed E-state index contributed by atoms with van der Waals surface area (Å²) in [6, 6.07) is 0. The molecule has 0 heterocycles. The van der Waals surface area contributed by atoms with E-state index in [-0.39, 0.29) is 53.3 Å². The van der Waals surface area contributed by atoms with Gasteiger partial charge in [0.25, 0.3) is 0 Å². The summed E-state index contributed by atoms with van der Waals surface area (Å²) in [7, 11) is 0. The molecule has 1 unspecified atom stereocenters. The van der Waals surface area contributed by atoms with Gasteiger partial charge in [-0.05, 0) is 111 Å². The summed E-state index contributed by atoms with van der Waals surface area (Å²) in [6.45, 7) is 15.9. The van der Waals surface area contributed by atoms with Crippen molar-refractivity contribution in [3.63, 3.8) is 0 Å². The van der Waals surface area contributed by atoms with Gasteiger partial charge >= 0.3 is 11.9 Å². The Morgan fingerprint density at radius 2 is 1.61 bits per heavy atom. The Bertz CT molecular complexity index is 1080. The lowest BCUT2D eigenvalue weighted by atomic mass is 9.36. The number of nitrogens with one attached hydrogen (secondary N) is 1. The molecule has 10 atom stereocenters. The van der Waals surface area contributed by atoms with E-state index < -0.39 is 24.1 Å². The average molecular weight is 622 g/mol. The van der Waals surface area contributed by atoms with Crippen LogP contribution in [0.5, 0.6) is 0 Å². The summed E-state index contributed by atoms with van der Waals surface area (Å²) in [4.78, 5) is 24.8. The van der Waals surface area contributed by atoms with Crippen LogP contribution >= 0.6 is 0 Å². The standard InChI is InChI=1S/C31H48O6.C4H11NO2/c1-17(2)9-8-10-20(28(35)36)26-22-15-24(34)27-29(5)13-12-23(33)18(3)21(29)11-14-30(27,6)31(22,7)16-25(26)37-19(4)32;6-3-1-5-2-4-7/h9,18,21-25,27,33-34H,8,10-16H2,1-7H3,(H,35,36);5-7H,1-4H2/t18-,21-,22-,23+,24+,25-,27?,29-,30-,31-;/m0./s1. The van der Waals surface area contributed by atoms with Crippen LogP contribution in [0.4, 0.5) is 0 Å². The van der Waals surface area contributed by atoms with Gasteiger partial charge in [0.1, 0.15) is 6.10 Å². The third-order valence-corrected chi connectivity index (χ3v) is 12.1. The number of carbonyl (C=O) groups is 2. The van der Waals surface area contributed by atoms with Crippen molar-refractivity contribution in [2.24, 2.45) is 39.9 Å². The Kier molecular flexibility index (Phi) is 12.3. The minimum atomic E-state index is -0.953. The molecule has 0 saturated heterocycles. The van der Waals surface area contributed by atoms with E-state index in [9.17, 15) is 24.9 Å². The predicted octanol–water partition coefficient (Wildman–Crippen LogP) is 4.23. The first-order valence-corrected chi connectivity index (χ1v) is 16.6. The van der Waals surface area contributed by atoms with Crippen LogP contribution in [0.15, 0.2) is 22.8 Å². The molecule has 0 amide bonds. The largest absolute Gasteiger partial charge is 0.478 e. The van der Waals surface area contributed by atoms with Crippen LogP contribution in [0, 0.1) is 39.9 Å². The number of carbonyl (C=O) groups excluding carboxylic acids is 1. The molecule has 0 aromatic rings. The summed E-state index contributed by atoms with van der Waals surface area (Å²) < 4.78 is 5.87. The lowest BCUT2D eigenvalue weighted by molar-refractivity contribution is -0.234. The highest BCUT2D eigenvalue weighted by molar-refractivity contribution is 5.88. The molecule has 0 aromatic heterocycles. The van der Waals surface area contributed by atoms with E-state index in [1.165, 1.54) is 6.92 Å². The second-order valence-corrected chi connectivity index (χ2v) is 14.8. The minimum absolute atomic E-state index is 0.0474. The van der Waals surface area contributed by atoms with Crippen molar-refractivity contribution in [2.45, 2.75) is 118 Å². The number of allylic oxidation sites excluding steroid dienone is 2. The fraction of sp³-hybridized carbons (Fsp3) is 0.829. The highest BCUT2D eigenvalue weighted by atomic mass is 16.5. The maximum atomic E-state index is 12.6. The molecule has 252 valence electrons. The number of fused-ring (bicyclic) bond motifs is 5. The van der Waals surface area contributed by atoms with E-state index in [1.54, 1.807) is 0 Å². The molecule has 0 aliphatic heterocycles. The van der Waals surface area contributed by atoms with Crippen molar-refractivity contribution in [3.8, 4) is 0 Å². The third kappa shape index (κ3) is 6.97. The molecule has 4 rings (SSSR count). The minimum Gasteiger partial charge on any atom is -0.478 e. The monoisotopic (exact) mass is 621 g/mol. The maximum absolute atomic E-state index is 12.6. The number of aliphatic hydroxyl groups is 4. The molecular formula is C35H59NO8. The first kappa shape index (κ1) is 36.7. The first-order valence-electron chi connectivity index (χ1n) is 16.6. The summed E-state index contributed by atoms with van der Waals surface area (Å²) in [5.41, 5.74) is 1.57. The summed E-state index contributed by atoms with van der Waals surface area (Å²) >= 11 is 0. The Morgan fingerprint density at radius 1 is 0.977 bits per heavy atom. The zero-order chi connectivity index (χ0) is 33.0. The molecule has 0 bridgehead atoms. The first-order chi connectivity index (χ1) is 20.6. The highest BCUT2D eigenvalue weighted by Crippen LogP contribution is 2.74. The van der Waals surface area contributed by atoms with Gasteiger partial charge < -0.3 is 35.6 Å². The molecule has 4 fully saturated rings. The molecule has 0 radical (unpaired) electrons. The van der Waals surface area contributed by atoms with Crippen molar-refractivity contribution in [2.75, 3.05) is 26.3 Å². The highest BCUT2D eigenvalue weighted by Gasteiger charge is 2.70. The van der Waals surface area contributed by atoms with Gasteiger partial charge in [-0.15, -0.1) is 0 Å². The van der Waals surface area contributed by atoms with Crippen LogP contribution in [0.3, 0.4) is 0 Å². The molecule has 44 heavy (non-hydrogen) atoms. The number of rotatable bonds is 9. The zero-order valence-electron chi connectivity index (χ0n) is 28.1. The van der Waals surface area contributed by atoms with Crippen LogP contribution in [-0.4, -0.2) is 82.1 Å². The number of aliphatic carboxylic acids is 1. The van der Waals surface area contributed by atoms with E-state index in [0.29, 0.717) is 50.3 Å².